The summed E-state index contributed by atoms with van der Waals surface area (Å²) in [7, 11) is 0. The number of benzene rings is 1. The number of halogens is 1. The van der Waals surface area contributed by atoms with Gasteiger partial charge in [-0.1, -0.05) is 30.3 Å². The van der Waals surface area contributed by atoms with Crippen molar-refractivity contribution in [3.05, 3.63) is 35.9 Å². The first-order valence-corrected chi connectivity index (χ1v) is 7.01. The van der Waals surface area contributed by atoms with E-state index in [1.54, 1.807) is 0 Å². The minimum absolute atomic E-state index is 0.131. The molecule has 0 aliphatic carbocycles. The van der Waals surface area contributed by atoms with E-state index < -0.39 is 17.9 Å². The van der Waals surface area contributed by atoms with Crippen molar-refractivity contribution in [2.45, 2.75) is 39.0 Å². The Morgan fingerprint density at radius 3 is 2.55 bits per heavy atom. The molecule has 110 valence electrons. The monoisotopic (exact) mass is 279 g/mol. The van der Waals surface area contributed by atoms with E-state index in [1.165, 1.54) is 4.90 Å². The number of amides is 1. The summed E-state index contributed by atoms with van der Waals surface area (Å²) in [6.45, 7) is 6.00. The number of likely N-dealkylation sites (tertiary alicyclic amines) is 1. The first-order valence-electron chi connectivity index (χ1n) is 7.01. The van der Waals surface area contributed by atoms with E-state index in [1.807, 2.05) is 51.1 Å². The number of alkyl halides is 1. The lowest BCUT2D eigenvalue weighted by atomic mass is 9.97. The van der Waals surface area contributed by atoms with Crippen LogP contribution in [0.15, 0.2) is 30.3 Å². The van der Waals surface area contributed by atoms with Gasteiger partial charge in [0.1, 0.15) is 11.8 Å². The highest BCUT2D eigenvalue weighted by molar-refractivity contribution is 5.68. The van der Waals surface area contributed by atoms with Crippen molar-refractivity contribution < 1.29 is 13.9 Å². The number of carbonyl (C=O) groups excluding carboxylic acids is 1. The van der Waals surface area contributed by atoms with Crippen LogP contribution in [0.2, 0.25) is 0 Å². The molecule has 1 saturated heterocycles. The topological polar surface area (TPSA) is 29.5 Å². The molecule has 0 saturated carbocycles. The standard InChI is InChI=1S/C16H22FNO2/c1-16(2,3)20-15(19)18-10-13(14(17)11-18)9-12-7-5-4-6-8-12/h4-8,13-14H,9-11H2,1-3H3/t13-,14+/m0/s1. The summed E-state index contributed by atoms with van der Waals surface area (Å²) in [5.74, 6) is -0.148. The van der Waals surface area contributed by atoms with E-state index in [4.69, 9.17) is 4.74 Å². The van der Waals surface area contributed by atoms with Crippen LogP contribution in [0.4, 0.5) is 9.18 Å². The summed E-state index contributed by atoms with van der Waals surface area (Å²) in [5, 5.41) is 0. The molecule has 1 aromatic carbocycles. The number of nitrogens with zero attached hydrogens (tertiary/aromatic N) is 1. The van der Waals surface area contributed by atoms with Crippen LogP contribution in [0.5, 0.6) is 0 Å². The van der Waals surface area contributed by atoms with Crippen molar-refractivity contribution in [3.63, 3.8) is 0 Å². The third kappa shape index (κ3) is 3.95. The Kier molecular flexibility index (Phi) is 4.31. The van der Waals surface area contributed by atoms with E-state index >= 15 is 0 Å². The summed E-state index contributed by atoms with van der Waals surface area (Å²) in [5.41, 5.74) is 0.562. The minimum Gasteiger partial charge on any atom is -0.444 e. The van der Waals surface area contributed by atoms with Gasteiger partial charge in [-0.15, -0.1) is 0 Å². The quantitative estimate of drug-likeness (QED) is 0.830. The fraction of sp³-hybridized carbons (Fsp3) is 0.562. The van der Waals surface area contributed by atoms with Gasteiger partial charge >= 0.3 is 6.09 Å². The number of hydrogen-bond donors (Lipinski definition) is 0. The highest BCUT2D eigenvalue weighted by atomic mass is 19.1. The molecule has 1 amide bonds. The Morgan fingerprint density at radius 1 is 1.30 bits per heavy atom. The molecule has 1 fully saturated rings. The van der Waals surface area contributed by atoms with E-state index in [0.717, 1.165) is 5.56 Å². The Bertz CT molecular complexity index is 455. The maximum absolute atomic E-state index is 14.1. The van der Waals surface area contributed by atoms with Crippen molar-refractivity contribution in [2.75, 3.05) is 13.1 Å². The van der Waals surface area contributed by atoms with Gasteiger partial charge in [0.2, 0.25) is 0 Å². The van der Waals surface area contributed by atoms with Gasteiger partial charge < -0.3 is 9.64 Å². The molecule has 4 heteroatoms. The van der Waals surface area contributed by atoms with Crippen LogP contribution in [-0.2, 0) is 11.2 Å². The molecule has 0 radical (unpaired) electrons. The molecular formula is C16H22FNO2. The van der Waals surface area contributed by atoms with Gasteiger partial charge in [0.15, 0.2) is 0 Å². The highest BCUT2D eigenvalue weighted by Gasteiger charge is 2.37. The minimum atomic E-state index is -0.984. The van der Waals surface area contributed by atoms with Gasteiger partial charge in [-0.3, -0.25) is 0 Å². The summed E-state index contributed by atoms with van der Waals surface area (Å²) >= 11 is 0. The largest absolute Gasteiger partial charge is 0.444 e. The smallest absolute Gasteiger partial charge is 0.410 e. The molecule has 1 heterocycles. The van der Waals surface area contributed by atoms with Crippen LogP contribution < -0.4 is 0 Å². The summed E-state index contributed by atoms with van der Waals surface area (Å²) < 4.78 is 19.4. The number of hydrogen-bond acceptors (Lipinski definition) is 2. The third-order valence-corrected chi connectivity index (χ3v) is 3.35. The summed E-state index contributed by atoms with van der Waals surface area (Å²) in [6, 6.07) is 9.82. The maximum Gasteiger partial charge on any atom is 0.410 e. The zero-order valence-corrected chi connectivity index (χ0v) is 12.3. The Morgan fingerprint density at radius 2 is 1.95 bits per heavy atom. The van der Waals surface area contributed by atoms with Gasteiger partial charge in [-0.2, -0.15) is 0 Å². The average Bonchev–Trinajstić information content (AvgIpc) is 2.70. The molecule has 1 aromatic rings. The van der Waals surface area contributed by atoms with Gasteiger partial charge in [-0.25, -0.2) is 9.18 Å². The van der Waals surface area contributed by atoms with E-state index in [0.29, 0.717) is 13.0 Å². The van der Waals surface area contributed by atoms with Crippen molar-refractivity contribution in [1.82, 2.24) is 4.90 Å². The van der Waals surface area contributed by atoms with Gasteiger partial charge in [0.05, 0.1) is 6.54 Å². The number of ether oxygens (including phenoxy) is 1. The average molecular weight is 279 g/mol. The zero-order valence-electron chi connectivity index (χ0n) is 12.3. The molecule has 20 heavy (non-hydrogen) atoms. The molecule has 0 unspecified atom stereocenters. The number of rotatable bonds is 2. The van der Waals surface area contributed by atoms with Crippen LogP contribution in [-0.4, -0.2) is 35.9 Å². The van der Waals surface area contributed by atoms with Crippen molar-refractivity contribution in [1.29, 1.82) is 0 Å². The lowest BCUT2D eigenvalue weighted by Crippen LogP contribution is -2.35. The Labute approximate surface area is 119 Å². The molecule has 1 aliphatic heterocycles. The summed E-state index contributed by atoms with van der Waals surface area (Å²) in [6.07, 6.45) is -0.750. The zero-order chi connectivity index (χ0) is 14.8. The molecule has 2 atom stereocenters. The Balaban J connectivity index is 1.94. The molecule has 0 spiro atoms. The van der Waals surface area contributed by atoms with Gasteiger partial charge in [0.25, 0.3) is 0 Å². The lowest BCUT2D eigenvalue weighted by molar-refractivity contribution is 0.0281. The summed E-state index contributed by atoms with van der Waals surface area (Å²) in [4.78, 5) is 13.4. The lowest BCUT2D eigenvalue weighted by Gasteiger charge is -2.24. The first kappa shape index (κ1) is 14.8. The second-order valence-corrected chi connectivity index (χ2v) is 6.35. The first-order chi connectivity index (χ1) is 9.35. The van der Waals surface area contributed by atoms with Crippen molar-refractivity contribution in [2.24, 2.45) is 5.92 Å². The molecule has 3 nitrogen and oxygen atoms in total. The van der Waals surface area contributed by atoms with Crippen LogP contribution >= 0.6 is 0 Å². The Hall–Kier alpha value is -1.58. The van der Waals surface area contributed by atoms with Crippen LogP contribution in [0.25, 0.3) is 0 Å². The van der Waals surface area contributed by atoms with E-state index in [2.05, 4.69) is 0 Å². The van der Waals surface area contributed by atoms with E-state index in [9.17, 15) is 9.18 Å². The highest BCUT2D eigenvalue weighted by Crippen LogP contribution is 2.25. The van der Waals surface area contributed by atoms with Crippen molar-refractivity contribution in [3.8, 4) is 0 Å². The molecule has 2 rings (SSSR count). The molecule has 0 bridgehead atoms. The van der Waals surface area contributed by atoms with Crippen molar-refractivity contribution >= 4 is 6.09 Å². The molecular weight excluding hydrogens is 257 g/mol. The van der Waals surface area contributed by atoms with E-state index in [-0.39, 0.29) is 12.5 Å². The molecule has 0 aromatic heterocycles. The van der Waals surface area contributed by atoms with Crippen LogP contribution in [0.1, 0.15) is 26.3 Å². The SMILES string of the molecule is CC(C)(C)OC(=O)N1C[C@H](Cc2ccccc2)[C@H](F)C1. The predicted octanol–water partition coefficient (Wildman–Crippen LogP) is 3.43. The van der Waals surface area contributed by atoms with Gasteiger partial charge in [0, 0.05) is 12.5 Å². The second-order valence-electron chi connectivity index (χ2n) is 6.35. The fourth-order valence-corrected chi connectivity index (χ4v) is 2.42. The van der Waals surface area contributed by atoms with Crippen LogP contribution in [0, 0.1) is 5.92 Å². The normalized spacial score (nSPS) is 22.9. The molecule has 1 aliphatic rings. The fourth-order valence-electron chi connectivity index (χ4n) is 2.42. The predicted molar refractivity (Wildman–Crippen MR) is 76.3 cm³/mol. The number of carbonyl (C=O) groups is 1. The van der Waals surface area contributed by atoms with Gasteiger partial charge in [-0.05, 0) is 32.8 Å². The molecule has 0 N–H and O–H groups in total. The van der Waals surface area contributed by atoms with Crippen LogP contribution in [0.3, 0.4) is 0 Å². The second kappa shape index (κ2) is 5.81. The maximum atomic E-state index is 14.1. The third-order valence-electron chi connectivity index (χ3n) is 3.35.